The molecule has 1 heterocycles. The number of guanidine groups is 1. The SMILES string of the molecule is CC1CN(C(N)=NCC2CC2(C)C)CCO1. The van der Waals surface area contributed by atoms with Crippen molar-refractivity contribution in [3.05, 3.63) is 0 Å². The van der Waals surface area contributed by atoms with Gasteiger partial charge in [-0.1, -0.05) is 13.8 Å². The summed E-state index contributed by atoms with van der Waals surface area (Å²) < 4.78 is 5.48. The van der Waals surface area contributed by atoms with Crippen LogP contribution in [0, 0.1) is 11.3 Å². The van der Waals surface area contributed by atoms with E-state index < -0.39 is 0 Å². The zero-order chi connectivity index (χ0) is 11.8. The third kappa shape index (κ3) is 2.67. The first-order valence-electron chi connectivity index (χ1n) is 6.15. The Labute approximate surface area is 97.9 Å². The Morgan fingerprint density at radius 3 is 2.81 bits per heavy atom. The monoisotopic (exact) mass is 225 g/mol. The van der Waals surface area contributed by atoms with Crippen LogP contribution in [-0.2, 0) is 4.74 Å². The number of hydrogen-bond acceptors (Lipinski definition) is 2. The highest BCUT2D eigenvalue weighted by atomic mass is 16.5. The lowest BCUT2D eigenvalue weighted by Crippen LogP contribution is -2.48. The second kappa shape index (κ2) is 4.24. The zero-order valence-electron chi connectivity index (χ0n) is 10.6. The molecule has 0 bridgehead atoms. The first kappa shape index (κ1) is 11.7. The maximum Gasteiger partial charge on any atom is 0.191 e. The summed E-state index contributed by atoms with van der Waals surface area (Å²) >= 11 is 0. The van der Waals surface area contributed by atoms with Gasteiger partial charge in [0, 0.05) is 19.6 Å². The molecule has 2 fully saturated rings. The molecule has 0 spiro atoms. The van der Waals surface area contributed by atoms with E-state index in [1.54, 1.807) is 0 Å². The van der Waals surface area contributed by atoms with Crippen molar-refractivity contribution in [2.45, 2.75) is 33.3 Å². The minimum atomic E-state index is 0.264. The van der Waals surface area contributed by atoms with Crippen LogP contribution in [0.3, 0.4) is 0 Å². The number of nitrogens with zero attached hydrogens (tertiary/aromatic N) is 2. The highest BCUT2D eigenvalue weighted by molar-refractivity contribution is 5.78. The van der Waals surface area contributed by atoms with Crippen molar-refractivity contribution < 1.29 is 4.74 Å². The molecular formula is C12H23N3O. The standard InChI is InChI=1S/C12H23N3O/c1-9-8-15(4-5-16-9)11(13)14-7-10-6-12(10,2)3/h9-10H,4-8H2,1-3H3,(H2,13,14). The van der Waals surface area contributed by atoms with Crippen LogP contribution in [0.4, 0.5) is 0 Å². The van der Waals surface area contributed by atoms with Crippen LogP contribution < -0.4 is 5.73 Å². The van der Waals surface area contributed by atoms with E-state index in [0.717, 1.165) is 32.2 Å². The van der Waals surface area contributed by atoms with Crippen molar-refractivity contribution in [3.8, 4) is 0 Å². The lowest BCUT2D eigenvalue weighted by molar-refractivity contribution is 0.00529. The third-order valence-electron chi connectivity index (χ3n) is 3.76. The highest BCUT2D eigenvalue weighted by Gasteiger charge is 2.45. The number of nitrogens with two attached hydrogens (primary N) is 1. The van der Waals surface area contributed by atoms with Gasteiger partial charge in [0.15, 0.2) is 5.96 Å². The fourth-order valence-corrected chi connectivity index (χ4v) is 2.22. The highest BCUT2D eigenvalue weighted by Crippen LogP contribution is 2.51. The topological polar surface area (TPSA) is 50.8 Å². The quantitative estimate of drug-likeness (QED) is 0.565. The van der Waals surface area contributed by atoms with Gasteiger partial charge in [0.1, 0.15) is 0 Å². The van der Waals surface area contributed by atoms with Gasteiger partial charge < -0.3 is 15.4 Å². The lowest BCUT2D eigenvalue weighted by atomic mass is 10.1. The second-order valence-electron chi connectivity index (χ2n) is 5.72. The minimum Gasteiger partial charge on any atom is -0.375 e. The molecule has 0 amide bonds. The molecule has 0 aromatic heterocycles. The lowest BCUT2D eigenvalue weighted by Gasteiger charge is -2.31. The van der Waals surface area contributed by atoms with E-state index in [1.165, 1.54) is 6.42 Å². The average molecular weight is 225 g/mol. The molecule has 0 aromatic rings. The Hall–Kier alpha value is -0.770. The van der Waals surface area contributed by atoms with E-state index in [9.17, 15) is 0 Å². The molecule has 16 heavy (non-hydrogen) atoms. The predicted molar refractivity (Wildman–Crippen MR) is 65.4 cm³/mol. The third-order valence-corrected chi connectivity index (χ3v) is 3.76. The Balaban J connectivity index is 1.82. The van der Waals surface area contributed by atoms with Crippen molar-refractivity contribution in [1.82, 2.24) is 4.90 Å². The van der Waals surface area contributed by atoms with Gasteiger partial charge in [-0.2, -0.15) is 0 Å². The summed E-state index contributed by atoms with van der Waals surface area (Å²) in [7, 11) is 0. The van der Waals surface area contributed by atoms with Gasteiger partial charge in [0.05, 0.1) is 12.7 Å². The predicted octanol–water partition coefficient (Wildman–Crippen LogP) is 1.07. The summed E-state index contributed by atoms with van der Waals surface area (Å²) in [5.74, 6) is 1.42. The van der Waals surface area contributed by atoms with Crippen molar-refractivity contribution in [2.24, 2.45) is 22.1 Å². The van der Waals surface area contributed by atoms with Gasteiger partial charge in [0.2, 0.25) is 0 Å². The van der Waals surface area contributed by atoms with Gasteiger partial charge in [-0.15, -0.1) is 0 Å². The Morgan fingerprint density at radius 2 is 2.25 bits per heavy atom. The molecule has 0 aromatic carbocycles. The Bertz CT molecular complexity index is 288. The first-order chi connectivity index (χ1) is 7.49. The zero-order valence-corrected chi connectivity index (χ0v) is 10.6. The summed E-state index contributed by atoms with van der Waals surface area (Å²) in [6, 6.07) is 0. The number of ether oxygens (including phenoxy) is 1. The molecule has 1 aliphatic carbocycles. The van der Waals surface area contributed by atoms with Crippen molar-refractivity contribution in [1.29, 1.82) is 0 Å². The van der Waals surface area contributed by atoms with E-state index >= 15 is 0 Å². The van der Waals surface area contributed by atoms with Crippen LogP contribution in [0.5, 0.6) is 0 Å². The van der Waals surface area contributed by atoms with E-state index in [4.69, 9.17) is 10.5 Å². The van der Waals surface area contributed by atoms with E-state index in [-0.39, 0.29) is 6.10 Å². The van der Waals surface area contributed by atoms with Crippen LogP contribution >= 0.6 is 0 Å². The molecule has 1 aliphatic heterocycles. The largest absolute Gasteiger partial charge is 0.375 e. The van der Waals surface area contributed by atoms with Gasteiger partial charge in [-0.3, -0.25) is 4.99 Å². The molecule has 1 saturated carbocycles. The Morgan fingerprint density at radius 1 is 1.56 bits per heavy atom. The smallest absolute Gasteiger partial charge is 0.191 e. The van der Waals surface area contributed by atoms with Gasteiger partial charge in [-0.05, 0) is 24.7 Å². The van der Waals surface area contributed by atoms with Crippen molar-refractivity contribution in [2.75, 3.05) is 26.2 Å². The Kier molecular flexibility index (Phi) is 3.10. The summed E-state index contributed by atoms with van der Waals surface area (Å²) in [4.78, 5) is 6.63. The van der Waals surface area contributed by atoms with E-state index in [1.807, 2.05) is 0 Å². The molecule has 92 valence electrons. The summed E-state index contributed by atoms with van der Waals surface area (Å²) in [5.41, 5.74) is 6.48. The average Bonchev–Trinajstić information content (AvgIpc) is 2.83. The summed E-state index contributed by atoms with van der Waals surface area (Å²) in [5, 5.41) is 0. The summed E-state index contributed by atoms with van der Waals surface area (Å²) in [6.07, 6.45) is 1.54. The van der Waals surface area contributed by atoms with Crippen LogP contribution in [0.15, 0.2) is 4.99 Å². The number of rotatable bonds is 2. The van der Waals surface area contributed by atoms with Crippen LogP contribution in [0.25, 0.3) is 0 Å². The molecule has 4 heteroatoms. The van der Waals surface area contributed by atoms with Gasteiger partial charge >= 0.3 is 0 Å². The normalized spacial score (nSPS) is 33.9. The molecule has 2 unspecified atom stereocenters. The fourth-order valence-electron chi connectivity index (χ4n) is 2.22. The number of morpholine rings is 1. The van der Waals surface area contributed by atoms with Crippen molar-refractivity contribution >= 4 is 5.96 Å². The van der Waals surface area contributed by atoms with E-state index in [2.05, 4.69) is 30.7 Å². The van der Waals surface area contributed by atoms with Crippen LogP contribution in [-0.4, -0.2) is 43.2 Å². The number of aliphatic imine (C=N–C) groups is 1. The summed E-state index contributed by atoms with van der Waals surface area (Å²) in [6.45, 7) is 10.0. The molecule has 0 radical (unpaired) electrons. The van der Waals surface area contributed by atoms with Gasteiger partial charge in [0.25, 0.3) is 0 Å². The molecule has 1 saturated heterocycles. The minimum absolute atomic E-state index is 0.264. The van der Waals surface area contributed by atoms with Gasteiger partial charge in [-0.25, -0.2) is 0 Å². The molecular weight excluding hydrogens is 202 g/mol. The molecule has 2 N–H and O–H groups in total. The van der Waals surface area contributed by atoms with Crippen LogP contribution in [0.2, 0.25) is 0 Å². The molecule has 2 atom stereocenters. The van der Waals surface area contributed by atoms with E-state index in [0.29, 0.717) is 11.4 Å². The molecule has 2 rings (SSSR count). The van der Waals surface area contributed by atoms with Crippen LogP contribution in [0.1, 0.15) is 27.2 Å². The fraction of sp³-hybridized carbons (Fsp3) is 0.917. The van der Waals surface area contributed by atoms with Crippen molar-refractivity contribution in [3.63, 3.8) is 0 Å². The second-order valence-corrected chi connectivity index (χ2v) is 5.72. The number of hydrogen-bond donors (Lipinski definition) is 1. The maximum atomic E-state index is 6.00. The maximum absolute atomic E-state index is 6.00. The first-order valence-corrected chi connectivity index (χ1v) is 6.15. The molecule has 4 nitrogen and oxygen atoms in total. The molecule has 2 aliphatic rings.